The van der Waals surface area contributed by atoms with E-state index in [0.29, 0.717) is 34.5 Å². The SMILES string of the molecule is CCc1ccc(-c2oc3nc(N(CCOCCBr)S(C)(=O)=O)c(C4CC4)cc3c2C(=O)NC)cc1. The number of sulfonamides is 1. The van der Waals surface area contributed by atoms with E-state index in [0.717, 1.165) is 30.4 Å². The Balaban J connectivity index is 1.88. The highest BCUT2D eigenvalue weighted by molar-refractivity contribution is 9.09. The summed E-state index contributed by atoms with van der Waals surface area (Å²) in [5, 5.41) is 3.95. The Labute approximate surface area is 214 Å². The molecule has 2 heterocycles. The molecule has 2 aromatic heterocycles. The van der Waals surface area contributed by atoms with E-state index in [1.807, 2.05) is 30.3 Å². The van der Waals surface area contributed by atoms with Crippen LogP contribution in [0.4, 0.5) is 5.82 Å². The maximum absolute atomic E-state index is 13.0. The number of benzene rings is 1. The second-order valence-corrected chi connectivity index (χ2v) is 11.3. The molecule has 35 heavy (non-hydrogen) atoms. The van der Waals surface area contributed by atoms with Gasteiger partial charge in [0.1, 0.15) is 11.6 Å². The molecule has 4 rings (SSSR count). The quantitative estimate of drug-likeness (QED) is 0.273. The van der Waals surface area contributed by atoms with Crippen molar-refractivity contribution in [1.29, 1.82) is 0 Å². The van der Waals surface area contributed by atoms with E-state index in [1.54, 1.807) is 7.05 Å². The predicted molar refractivity (Wildman–Crippen MR) is 141 cm³/mol. The van der Waals surface area contributed by atoms with E-state index in [9.17, 15) is 13.2 Å². The van der Waals surface area contributed by atoms with Gasteiger partial charge in [0, 0.05) is 17.9 Å². The van der Waals surface area contributed by atoms with Crippen LogP contribution in [0.15, 0.2) is 34.7 Å². The summed E-state index contributed by atoms with van der Waals surface area (Å²) in [6.45, 7) is 2.93. The van der Waals surface area contributed by atoms with Gasteiger partial charge >= 0.3 is 0 Å². The van der Waals surface area contributed by atoms with Crippen molar-refractivity contribution in [2.24, 2.45) is 0 Å². The van der Waals surface area contributed by atoms with Crippen LogP contribution >= 0.6 is 15.9 Å². The number of rotatable bonds is 11. The minimum Gasteiger partial charge on any atom is -0.437 e. The van der Waals surface area contributed by atoms with Gasteiger partial charge < -0.3 is 14.5 Å². The molecule has 0 saturated heterocycles. The molecule has 0 unspecified atom stereocenters. The van der Waals surface area contributed by atoms with E-state index in [4.69, 9.17) is 14.1 Å². The molecular formula is C25H30BrN3O5S. The number of pyridine rings is 1. The zero-order valence-electron chi connectivity index (χ0n) is 20.1. The molecule has 0 radical (unpaired) electrons. The van der Waals surface area contributed by atoms with Crippen molar-refractivity contribution in [1.82, 2.24) is 10.3 Å². The van der Waals surface area contributed by atoms with Gasteiger partial charge in [0.25, 0.3) is 5.91 Å². The Morgan fingerprint density at radius 2 is 1.97 bits per heavy atom. The van der Waals surface area contributed by atoms with Crippen molar-refractivity contribution in [2.45, 2.75) is 32.1 Å². The van der Waals surface area contributed by atoms with Crippen LogP contribution in [-0.4, -0.2) is 57.7 Å². The van der Waals surface area contributed by atoms with E-state index < -0.39 is 10.0 Å². The summed E-state index contributed by atoms with van der Waals surface area (Å²) in [5.74, 6) is 0.669. The number of nitrogens with zero attached hydrogens (tertiary/aromatic N) is 2. The molecule has 1 aromatic carbocycles. The summed E-state index contributed by atoms with van der Waals surface area (Å²) < 4.78 is 38.5. The fourth-order valence-corrected chi connectivity index (χ4v) is 5.20. The molecule has 8 nitrogen and oxygen atoms in total. The van der Waals surface area contributed by atoms with Crippen LogP contribution in [0.5, 0.6) is 0 Å². The monoisotopic (exact) mass is 563 g/mol. The lowest BCUT2D eigenvalue weighted by Gasteiger charge is -2.23. The third-order valence-corrected chi connectivity index (χ3v) is 7.56. The number of fused-ring (bicyclic) bond motifs is 1. The van der Waals surface area contributed by atoms with E-state index in [2.05, 4.69) is 28.2 Å². The van der Waals surface area contributed by atoms with Crippen molar-refractivity contribution in [2.75, 3.05) is 42.7 Å². The van der Waals surface area contributed by atoms with Crippen LogP contribution in [-0.2, 0) is 21.2 Å². The van der Waals surface area contributed by atoms with Crippen molar-refractivity contribution >= 4 is 48.8 Å². The topological polar surface area (TPSA) is 102 Å². The van der Waals surface area contributed by atoms with Crippen LogP contribution in [0.2, 0.25) is 0 Å². The standard InChI is InChI=1S/C25H30BrN3O5S/c1-4-16-5-7-18(8-6-16)22-21(24(30)27-2)20-15-19(17-9-10-17)23(28-25(20)34-22)29(35(3,31)32)12-14-33-13-11-26/h5-8,15,17H,4,9-14H2,1-3H3,(H,27,30). The molecule has 0 spiro atoms. The Bertz CT molecular complexity index is 1320. The largest absolute Gasteiger partial charge is 0.437 e. The fraction of sp³-hybridized carbons (Fsp3) is 0.440. The Kier molecular flexibility index (Phi) is 7.83. The number of amides is 1. The molecule has 1 aliphatic carbocycles. The smallest absolute Gasteiger partial charge is 0.255 e. The molecular weight excluding hydrogens is 534 g/mol. The number of ether oxygens (including phenoxy) is 1. The molecule has 1 amide bonds. The third-order valence-electron chi connectivity index (χ3n) is 6.08. The summed E-state index contributed by atoms with van der Waals surface area (Å²) in [6, 6.07) is 9.74. The summed E-state index contributed by atoms with van der Waals surface area (Å²) in [5.41, 5.74) is 3.37. The highest BCUT2D eigenvalue weighted by atomic mass is 79.9. The van der Waals surface area contributed by atoms with E-state index in [1.165, 1.54) is 16.1 Å². The number of halogens is 1. The normalized spacial score (nSPS) is 13.8. The van der Waals surface area contributed by atoms with Gasteiger partial charge in [-0.3, -0.25) is 9.10 Å². The van der Waals surface area contributed by atoms with Gasteiger partial charge in [-0.25, -0.2) is 8.42 Å². The Morgan fingerprint density at radius 1 is 1.26 bits per heavy atom. The van der Waals surface area contributed by atoms with Crippen LogP contribution in [0.25, 0.3) is 22.4 Å². The zero-order chi connectivity index (χ0) is 25.2. The molecule has 1 saturated carbocycles. The third kappa shape index (κ3) is 5.54. The summed E-state index contributed by atoms with van der Waals surface area (Å²) >= 11 is 3.31. The number of aromatic nitrogens is 1. The van der Waals surface area contributed by atoms with Crippen LogP contribution in [0, 0.1) is 0 Å². The van der Waals surface area contributed by atoms with Gasteiger partial charge in [0.15, 0.2) is 0 Å². The number of alkyl halides is 1. The van der Waals surface area contributed by atoms with Gasteiger partial charge in [0.2, 0.25) is 15.7 Å². The summed E-state index contributed by atoms with van der Waals surface area (Å²) in [6.07, 6.45) is 3.95. The first-order valence-electron chi connectivity index (χ1n) is 11.7. The molecule has 1 aliphatic rings. The first kappa shape index (κ1) is 25.7. The highest BCUT2D eigenvalue weighted by Crippen LogP contribution is 2.46. The van der Waals surface area contributed by atoms with Gasteiger partial charge in [-0.2, -0.15) is 4.98 Å². The van der Waals surface area contributed by atoms with Crippen molar-refractivity contribution < 1.29 is 22.4 Å². The zero-order valence-corrected chi connectivity index (χ0v) is 22.5. The fourth-order valence-electron chi connectivity index (χ4n) is 4.10. The lowest BCUT2D eigenvalue weighted by atomic mass is 10.0. The molecule has 3 aromatic rings. The number of hydrogen-bond donors (Lipinski definition) is 1. The maximum atomic E-state index is 13.0. The van der Waals surface area contributed by atoms with Crippen molar-refractivity contribution in [3.05, 3.63) is 47.0 Å². The molecule has 0 aliphatic heterocycles. The average Bonchev–Trinajstić information content (AvgIpc) is 3.62. The number of nitrogens with one attached hydrogen (secondary N) is 1. The lowest BCUT2D eigenvalue weighted by Crippen LogP contribution is -2.34. The van der Waals surface area contributed by atoms with Gasteiger partial charge in [-0.15, -0.1) is 0 Å². The number of furan rings is 1. The first-order chi connectivity index (χ1) is 16.8. The number of carbonyl (C=O) groups excluding carboxylic acids is 1. The van der Waals surface area contributed by atoms with Gasteiger partial charge in [0.05, 0.1) is 37.0 Å². The van der Waals surface area contributed by atoms with Gasteiger partial charge in [-0.1, -0.05) is 47.1 Å². The average molecular weight is 565 g/mol. The van der Waals surface area contributed by atoms with Crippen LogP contribution < -0.4 is 9.62 Å². The Hall–Kier alpha value is -2.43. The first-order valence-corrected chi connectivity index (χ1v) is 14.7. The maximum Gasteiger partial charge on any atom is 0.255 e. The molecule has 0 atom stereocenters. The molecule has 188 valence electrons. The van der Waals surface area contributed by atoms with E-state index in [-0.39, 0.29) is 30.7 Å². The number of aryl methyl sites for hydroxylation is 1. The van der Waals surface area contributed by atoms with Crippen molar-refractivity contribution in [3.63, 3.8) is 0 Å². The Morgan fingerprint density at radius 3 is 2.54 bits per heavy atom. The number of carbonyl (C=O) groups is 1. The second-order valence-electron chi connectivity index (χ2n) is 8.60. The molecule has 1 fully saturated rings. The number of hydrogen-bond acceptors (Lipinski definition) is 6. The minimum atomic E-state index is -3.63. The second kappa shape index (κ2) is 10.7. The molecule has 10 heteroatoms. The minimum absolute atomic E-state index is 0.137. The lowest BCUT2D eigenvalue weighted by molar-refractivity contribution is 0.0964. The van der Waals surface area contributed by atoms with Gasteiger partial charge in [-0.05, 0) is 42.4 Å². The van der Waals surface area contributed by atoms with E-state index >= 15 is 0 Å². The molecule has 0 bridgehead atoms. The molecule has 1 N–H and O–H groups in total. The van der Waals surface area contributed by atoms with Crippen molar-refractivity contribution in [3.8, 4) is 11.3 Å². The summed E-state index contributed by atoms with van der Waals surface area (Å²) in [4.78, 5) is 17.7. The van der Waals surface area contributed by atoms with Crippen LogP contribution in [0.1, 0.15) is 47.2 Å². The summed E-state index contributed by atoms with van der Waals surface area (Å²) in [7, 11) is -2.05. The van der Waals surface area contributed by atoms with Crippen LogP contribution in [0.3, 0.4) is 0 Å². The number of anilines is 1. The predicted octanol–water partition coefficient (Wildman–Crippen LogP) is 4.47. The highest BCUT2D eigenvalue weighted by Gasteiger charge is 2.34.